The Morgan fingerprint density at radius 3 is 2.79 bits per heavy atom. The number of methoxy groups -OCH3 is 2. The first-order valence-electron chi connectivity index (χ1n) is 10.3. The van der Waals surface area contributed by atoms with Crippen molar-refractivity contribution < 1.29 is 23.0 Å². The summed E-state index contributed by atoms with van der Waals surface area (Å²) in [5.74, 6) is 1.87. The first-order valence-corrected chi connectivity index (χ1v) is 11.1. The number of pyridine rings is 1. The van der Waals surface area contributed by atoms with Crippen LogP contribution in [0.3, 0.4) is 0 Å². The van der Waals surface area contributed by atoms with Gasteiger partial charge in [-0.15, -0.1) is 5.10 Å². The van der Waals surface area contributed by atoms with E-state index < -0.39 is 0 Å². The Balaban J connectivity index is 1.32. The van der Waals surface area contributed by atoms with Gasteiger partial charge in [0.25, 0.3) is 5.19 Å². The SMILES string of the molecule is COc1cc(OCc2cncc(-c3ccoc3)c2)c2cc(-c3cn4nc(OC)sc4n3)oc2c1. The second kappa shape index (κ2) is 8.23. The second-order valence-electron chi connectivity index (χ2n) is 7.46. The van der Waals surface area contributed by atoms with Crippen LogP contribution in [0.15, 0.2) is 70.3 Å². The monoisotopic (exact) mass is 474 g/mol. The number of ether oxygens (including phenoxy) is 3. The number of hydrogen-bond donors (Lipinski definition) is 0. The number of nitrogens with zero attached hydrogens (tertiary/aromatic N) is 4. The van der Waals surface area contributed by atoms with Crippen LogP contribution in [0.4, 0.5) is 0 Å². The van der Waals surface area contributed by atoms with Crippen LogP contribution in [-0.4, -0.2) is 33.8 Å². The molecule has 0 radical (unpaired) electrons. The number of aromatic nitrogens is 4. The number of rotatable bonds is 7. The van der Waals surface area contributed by atoms with Crippen LogP contribution in [0, 0.1) is 0 Å². The lowest BCUT2D eigenvalue weighted by Crippen LogP contribution is -1.97. The van der Waals surface area contributed by atoms with Crippen molar-refractivity contribution in [2.45, 2.75) is 6.61 Å². The Morgan fingerprint density at radius 1 is 1.06 bits per heavy atom. The largest absolute Gasteiger partial charge is 0.496 e. The van der Waals surface area contributed by atoms with Gasteiger partial charge in [-0.25, -0.2) is 9.50 Å². The Labute approximate surface area is 197 Å². The van der Waals surface area contributed by atoms with Gasteiger partial charge in [-0.05, 0) is 29.5 Å². The number of fused-ring (bicyclic) bond motifs is 2. The summed E-state index contributed by atoms with van der Waals surface area (Å²) in [5, 5.41) is 5.68. The summed E-state index contributed by atoms with van der Waals surface area (Å²) in [4.78, 5) is 9.65. The van der Waals surface area contributed by atoms with Crippen molar-refractivity contribution in [3.8, 4) is 39.3 Å². The third-order valence-corrected chi connectivity index (χ3v) is 6.19. The van der Waals surface area contributed by atoms with Crippen molar-refractivity contribution in [2.75, 3.05) is 14.2 Å². The van der Waals surface area contributed by atoms with E-state index in [0.717, 1.165) is 22.1 Å². The van der Waals surface area contributed by atoms with E-state index in [9.17, 15) is 0 Å². The van der Waals surface area contributed by atoms with Crippen molar-refractivity contribution >= 4 is 27.3 Å². The number of imidazole rings is 1. The third kappa shape index (κ3) is 3.63. The Bertz CT molecular complexity index is 1570. The molecule has 0 saturated heterocycles. The molecule has 0 fully saturated rings. The number of furan rings is 2. The second-order valence-corrected chi connectivity index (χ2v) is 8.37. The highest BCUT2D eigenvalue weighted by Crippen LogP contribution is 2.37. The van der Waals surface area contributed by atoms with Crippen molar-refractivity contribution in [3.05, 3.63) is 67.0 Å². The first-order chi connectivity index (χ1) is 16.7. The highest BCUT2D eigenvalue weighted by Gasteiger charge is 2.17. The smallest absolute Gasteiger partial charge is 0.294 e. The molecule has 0 aliphatic carbocycles. The Morgan fingerprint density at radius 2 is 2.00 bits per heavy atom. The van der Waals surface area contributed by atoms with Gasteiger partial charge in [0.15, 0.2) is 5.76 Å². The molecule has 6 rings (SSSR count). The van der Waals surface area contributed by atoms with Crippen molar-refractivity contribution in [2.24, 2.45) is 0 Å². The average molecular weight is 474 g/mol. The molecule has 0 spiro atoms. The summed E-state index contributed by atoms with van der Waals surface area (Å²) in [7, 11) is 3.19. The van der Waals surface area contributed by atoms with E-state index in [2.05, 4.69) is 15.1 Å². The molecule has 0 N–H and O–H groups in total. The molecular weight excluding hydrogens is 456 g/mol. The zero-order chi connectivity index (χ0) is 23.1. The van der Waals surface area contributed by atoms with Crippen molar-refractivity contribution in [1.82, 2.24) is 19.6 Å². The fraction of sp³-hybridized carbons (Fsp3) is 0.125. The third-order valence-electron chi connectivity index (χ3n) is 5.30. The molecule has 5 heterocycles. The van der Waals surface area contributed by atoms with Gasteiger partial charge in [-0.2, -0.15) is 0 Å². The minimum Gasteiger partial charge on any atom is -0.496 e. The van der Waals surface area contributed by atoms with Gasteiger partial charge in [0.1, 0.15) is 29.4 Å². The summed E-state index contributed by atoms with van der Waals surface area (Å²) in [5.41, 5.74) is 4.15. The van der Waals surface area contributed by atoms with E-state index in [0.29, 0.717) is 45.3 Å². The van der Waals surface area contributed by atoms with E-state index in [1.165, 1.54) is 11.3 Å². The first kappa shape index (κ1) is 20.3. The number of hydrogen-bond acceptors (Lipinski definition) is 9. The fourth-order valence-corrected chi connectivity index (χ4v) is 4.34. The highest BCUT2D eigenvalue weighted by atomic mass is 32.1. The standard InChI is InChI=1S/C24H18N4O5S/c1-29-17-6-20(32-12-14-5-16(10-25-9-14)15-3-4-31-13-15)18-8-22(33-21(18)7-17)19-11-28-23(26-19)34-24(27-28)30-2/h3-11,13H,12H2,1-2H3. The van der Waals surface area contributed by atoms with E-state index in [4.69, 9.17) is 23.0 Å². The molecule has 0 atom stereocenters. The molecule has 10 heteroatoms. The minimum absolute atomic E-state index is 0.325. The minimum atomic E-state index is 0.325. The molecule has 9 nitrogen and oxygen atoms in total. The van der Waals surface area contributed by atoms with E-state index in [1.54, 1.807) is 49.9 Å². The predicted octanol–water partition coefficient (Wildman–Crippen LogP) is 5.46. The summed E-state index contributed by atoms with van der Waals surface area (Å²) >= 11 is 1.36. The molecule has 34 heavy (non-hydrogen) atoms. The molecule has 0 bridgehead atoms. The lowest BCUT2D eigenvalue weighted by Gasteiger charge is -2.09. The molecule has 0 amide bonds. The molecule has 1 aromatic carbocycles. The summed E-state index contributed by atoms with van der Waals surface area (Å²) in [6.07, 6.45) is 8.70. The van der Waals surface area contributed by atoms with Crippen LogP contribution in [0.5, 0.6) is 16.7 Å². The van der Waals surface area contributed by atoms with Crippen LogP contribution < -0.4 is 14.2 Å². The van der Waals surface area contributed by atoms with E-state index >= 15 is 0 Å². The van der Waals surface area contributed by atoms with Gasteiger partial charge in [0.2, 0.25) is 4.96 Å². The maximum atomic E-state index is 6.19. The lowest BCUT2D eigenvalue weighted by atomic mass is 10.1. The van der Waals surface area contributed by atoms with Crippen LogP contribution in [0.25, 0.3) is 38.5 Å². The molecule has 6 aromatic rings. The van der Waals surface area contributed by atoms with Gasteiger partial charge in [-0.1, -0.05) is 0 Å². The maximum absolute atomic E-state index is 6.19. The van der Waals surface area contributed by atoms with Crippen molar-refractivity contribution in [1.29, 1.82) is 0 Å². The van der Waals surface area contributed by atoms with E-state index in [-0.39, 0.29) is 0 Å². The van der Waals surface area contributed by atoms with Gasteiger partial charge in [-0.3, -0.25) is 4.98 Å². The fourth-order valence-electron chi connectivity index (χ4n) is 3.64. The predicted molar refractivity (Wildman–Crippen MR) is 125 cm³/mol. The average Bonchev–Trinajstić information content (AvgIpc) is 3.64. The van der Waals surface area contributed by atoms with Gasteiger partial charge < -0.3 is 23.0 Å². The molecule has 0 aliphatic heterocycles. The zero-order valence-corrected chi connectivity index (χ0v) is 19.0. The van der Waals surface area contributed by atoms with Gasteiger partial charge >= 0.3 is 0 Å². The quantitative estimate of drug-likeness (QED) is 0.301. The number of benzene rings is 1. The molecule has 0 saturated carbocycles. The normalized spacial score (nSPS) is 11.4. The Hall–Kier alpha value is -4.31. The molecular formula is C24H18N4O5S. The van der Waals surface area contributed by atoms with Gasteiger partial charge in [0, 0.05) is 41.2 Å². The van der Waals surface area contributed by atoms with Crippen LogP contribution in [0.2, 0.25) is 0 Å². The molecule has 0 unspecified atom stereocenters. The summed E-state index contributed by atoms with van der Waals surface area (Å²) in [6.45, 7) is 0.325. The molecule has 0 aliphatic rings. The van der Waals surface area contributed by atoms with Crippen LogP contribution in [0.1, 0.15) is 5.56 Å². The van der Waals surface area contributed by atoms with Crippen LogP contribution >= 0.6 is 11.3 Å². The maximum Gasteiger partial charge on any atom is 0.294 e. The molecule has 170 valence electrons. The molecule has 5 aromatic heterocycles. The zero-order valence-electron chi connectivity index (χ0n) is 18.2. The van der Waals surface area contributed by atoms with E-state index in [1.807, 2.05) is 30.3 Å². The Kier molecular flexibility index (Phi) is 4.92. The topological polar surface area (TPSA) is 97.1 Å². The highest BCUT2D eigenvalue weighted by molar-refractivity contribution is 7.18. The summed E-state index contributed by atoms with van der Waals surface area (Å²) < 4.78 is 29.8. The van der Waals surface area contributed by atoms with Gasteiger partial charge in [0.05, 0.1) is 38.3 Å². The lowest BCUT2D eigenvalue weighted by molar-refractivity contribution is 0.307. The van der Waals surface area contributed by atoms with Crippen LogP contribution in [-0.2, 0) is 6.61 Å². The summed E-state index contributed by atoms with van der Waals surface area (Å²) in [6, 6.07) is 9.49. The van der Waals surface area contributed by atoms with Crippen molar-refractivity contribution in [3.63, 3.8) is 0 Å².